The van der Waals surface area contributed by atoms with Gasteiger partial charge in [-0.2, -0.15) is 8.42 Å². The second-order valence-electron chi connectivity index (χ2n) is 9.60. The summed E-state index contributed by atoms with van der Waals surface area (Å²) in [7, 11) is -3.57. The number of hydrogen-bond acceptors (Lipinski definition) is 3. The second kappa shape index (κ2) is 29.0. The summed E-state index contributed by atoms with van der Waals surface area (Å²) in [5.74, 6) is 0. The summed E-state index contributed by atoms with van der Waals surface area (Å²) in [4.78, 5) is 0.238. The average Bonchev–Trinajstić information content (AvgIpc) is 2.85. The zero-order chi connectivity index (χ0) is 25.2. The van der Waals surface area contributed by atoms with E-state index in [0.717, 1.165) is 12.8 Å². The molecule has 1 aromatic rings. The fourth-order valence-corrected chi connectivity index (χ4v) is 4.94. The fourth-order valence-electron chi connectivity index (χ4n) is 3.97. The van der Waals surface area contributed by atoms with Gasteiger partial charge in [0, 0.05) is 0 Å². The van der Waals surface area contributed by atoms with E-state index in [2.05, 4.69) is 20.8 Å². The van der Waals surface area contributed by atoms with Crippen LogP contribution in [0.2, 0.25) is 0 Å². The van der Waals surface area contributed by atoms with Crippen LogP contribution in [0.3, 0.4) is 0 Å². The van der Waals surface area contributed by atoms with Gasteiger partial charge in [-0.3, -0.25) is 4.18 Å². The molecule has 0 aromatic heterocycles. The molecule has 0 aliphatic heterocycles. The minimum absolute atomic E-state index is 0. The van der Waals surface area contributed by atoms with E-state index in [-0.39, 0.29) is 49.2 Å². The zero-order valence-corrected chi connectivity index (χ0v) is 23.7. The second-order valence-corrected chi connectivity index (χ2v) is 11.2. The van der Waals surface area contributed by atoms with Crippen LogP contribution < -0.4 is 0 Å². The predicted molar refractivity (Wildman–Crippen MR) is 157 cm³/mol. The molecule has 0 heterocycles. The van der Waals surface area contributed by atoms with Crippen LogP contribution in [0.25, 0.3) is 0 Å². The normalized spacial score (nSPS) is 10.9. The van der Waals surface area contributed by atoms with Crippen molar-refractivity contribution in [3.8, 4) is 0 Å². The molecule has 3 nitrogen and oxygen atoms in total. The Balaban J connectivity index is 0. The predicted octanol–water partition coefficient (Wildman–Crippen LogP) is 9.32. The van der Waals surface area contributed by atoms with Gasteiger partial charge in [-0.05, 0) is 18.6 Å². The van der Waals surface area contributed by atoms with Gasteiger partial charge < -0.3 is 0 Å². The van der Waals surface area contributed by atoms with Crippen LogP contribution in [-0.2, 0) is 14.3 Å². The average molecular weight is 539 g/mol. The topological polar surface area (TPSA) is 43.4 Å². The number of unbranched alkanes of at least 4 members (excludes halogenated alkanes) is 18. The molecule has 0 aliphatic rings. The number of benzene rings is 1. The molecule has 35 heavy (non-hydrogen) atoms. The van der Waals surface area contributed by atoms with Crippen LogP contribution in [0.1, 0.15) is 149 Å². The van der Waals surface area contributed by atoms with Crippen molar-refractivity contribution in [2.24, 2.45) is 0 Å². The summed E-state index contributed by atoms with van der Waals surface area (Å²) >= 11 is 0. The van der Waals surface area contributed by atoms with Crippen molar-refractivity contribution in [2.75, 3.05) is 6.61 Å². The van der Waals surface area contributed by atoms with Crippen molar-refractivity contribution < 1.29 is 12.6 Å². The third kappa shape index (κ3) is 25.8. The van der Waals surface area contributed by atoms with Gasteiger partial charge in [0.2, 0.25) is 0 Å². The summed E-state index contributed by atoms with van der Waals surface area (Å²) in [6, 6.07) is 8.33. The van der Waals surface area contributed by atoms with E-state index in [1.807, 2.05) is 0 Å². The van der Waals surface area contributed by atoms with Crippen LogP contribution in [0.4, 0.5) is 0 Å². The van der Waals surface area contributed by atoms with E-state index in [1.165, 1.54) is 116 Å². The standard InChI is InChI=1S/C18H30O3S.C12H26.Ca.2H/c1-2-3-4-5-6-7-8-9-10-14-17-21-22(19,20)18-15-12-11-13-16-18;1-3-5-7-9-11-12-10-8-6-4-2;;;/h11-13,15-16H,2-10,14,17H2,1H3;3-12H2,1-2H3;;;. The van der Waals surface area contributed by atoms with Crippen molar-refractivity contribution in [2.45, 2.75) is 154 Å². The Morgan fingerprint density at radius 3 is 1.17 bits per heavy atom. The van der Waals surface area contributed by atoms with Crippen LogP contribution in [-0.4, -0.2) is 52.8 Å². The van der Waals surface area contributed by atoms with Crippen molar-refractivity contribution in [3.05, 3.63) is 30.3 Å². The summed E-state index contributed by atoms with van der Waals surface area (Å²) in [5.41, 5.74) is 0. The number of hydrogen-bond donors (Lipinski definition) is 0. The fraction of sp³-hybridized carbons (Fsp3) is 0.800. The zero-order valence-electron chi connectivity index (χ0n) is 22.9. The van der Waals surface area contributed by atoms with Crippen LogP contribution in [0, 0.1) is 0 Å². The Kier molecular flexibility index (Phi) is 31.1. The third-order valence-corrected chi connectivity index (χ3v) is 7.55. The first-order chi connectivity index (χ1) is 16.6. The molecule has 0 aliphatic carbocycles. The Morgan fingerprint density at radius 2 is 0.829 bits per heavy atom. The summed E-state index contributed by atoms with van der Waals surface area (Å²) < 4.78 is 28.8. The molecule has 0 amide bonds. The van der Waals surface area contributed by atoms with Gasteiger partial charge in [0.05, 0.1) is 11.5 Å². The summed E-state index contributed by atoms with van der Waals surface area (Å²) in [5, 5.41) is 0. The van der Waals surface area contributed by atoms with Crippen LogP contribution in [0.15, 0.2) is 35.2 Å². The van der Waals surface area contributed by atoms with Gasteiger partial charge in [0.1, 0.15) is 0 Å². The molecule has 0 saturated heterocycles. The maximum absolute atomic E-state index is 11.9. The van der Waals surface area contributed by atoms with Crippen LogP contribution >= 0.6 is 0 Å². The van der Waals surface area contributed by atoms with Gasteiger partial charge in [0.25, 0.3) is 10.1 Å². The minimum atomic E-state index is -3.57. The van der Waals surface area contributed by atoms with Gasteiger partial charge >= 0.3 is 37.7 Å². The van der Waals surface area contributed by atoms with Crippen LogP contribution in [0.5, 0.6) is 0 Å². The molecular formula is C30H58CaO3S. The van der Waals surface area contributed by atoms with Crippen molar-refractivity contribution in [1.82, 2.24) is 0 Å². The molecule has 1 rings (SSSR count). The quantitative estimate of drug-likeness (QED) is 0.0839. The maximum atomic E-state index is 11.9. The monoisotopic (exact) mass is 538 g/mol. The Labute approximate surface area is 249 Å². The molecule has 0 fully saturated rings. The molecule has 5 heteroatoms. The Morgan fingerprint density at radius 1 is 0.514 bits per heavy atom. The van der Waals surface area contributed by atoms with Gasteiger partial charge in [-0.25, -0.2) is 0 Å². The molecule has 0 bridgehead atoms. The molecule has 1 aromatic carbocycles. The SMILES string of the molecule is CCCCCCCCCCCC.CCCCCCCCCCCCOS(=O)(=O)c1ccccc1.[CaH2]. The molecule has 0 spiro atoms. The molecule has 0 unspecified atom stereocenters. The van der Waals surface area contributed by atoms with Gasteiger partial charge in [0.15, 0.2) is 0 Å². The van der Waals surface area contributed by atoms with E-state index in [4.69, 9.17) is 4.18 Å². The Hall–Kier alpha value is 0.390. The third-order valence-electron chi connectivity index (χ3n) is 6.23. The van der Waals surface area contributed by atoms with E-state index < -0.39 is 10.1 Å². The van der Waals surface area contributed by atoms with E-state index in [9.17, 15) is 8.42 Å². The molecule has 0 atom stereocenters. The van der Waals surface area contributed by atoms with E-state index in [0.29, 0.717) is 0 Å². The summed E-state index contributed by atoms with van der Waals surface area (Å²) in [6.45, 7) is 7.08. The van der Waals surface area contributed by atoms with E-state index in [1.54, 1.807) is 30.3 Å². The molecule has 204 valence electrons. The molecule has 0 saturated carbocycles. The summed E-state index contributed by atoms with van der Waals surface area (Å²) in [6.07, 6.45) is 26.7. The van der Waals surface area contributed by atoms with Gasteiger partial charge in [-0.1, -0.05) is 161 Å². The van der Waals surface area contributed by atoms with Crippen molar-refractivity contribution in [1.29, 1.82) is 0 Å². The van der Waals surface area contributed by atoms with Crippen molar-refractivity contribution >= 4 is 47.9 Å². The van der Waals surface area contributed by atoms with Gasteiger partial charge in [-0.15, -0.1) is 0 Å². The molecule has 0 N–H and O–H groups in total. The first-order valence-corrected chi connectivity index (χ1v) is 15.9. The first-order valence-electron chi connectivity index (χ1n) is 14.5. The molecule has 0 radical (unpaired) electrons. The Bertz CT molecular complexity index is 610. The molecular weight excluding hydrogens is 480 g/mol. The first kappa shape index (κ1) is 37.5. The number of rotatable bonds is 22. The van der Waals surface area contributed by atoms with Crippen molar-refractivity contribution in [3.63, 3.8) is 0 Å². The van der Waals surface area contributed by atoms with E-state index >= 15 is 0 Å².